The summed E-state index contributed by atoms with van der Waals surface area (Å²) in [7, 11) is 1.66. The maximum atomic E-state index is 4.95. The van der Waals surface area contributed by atoms with E-state index >= 15 is 0 Å². The molecule has 0 aliphatic rings. The van der Waals surface area contributed by atoms with Gasteiger partial charge in [-0.15, -0.1) is 0 Å². The first-order valence-electron chi connectivity index (χ1n) is 2.47. The van der Waals surface area contributed by atoms with Crippen molar-refractivity contribution in [1.82, 2.24) is 3.28 Å². The van der Waals surface area contributed by atoms with Gasteiger partial charge in [0.15, 0.2) is 0 Å². The first kappa shape index (κ1) is 8.97. The van der Waals surface area contributed by atoms with Crippen LogP contribution in [-0.4, -0.2) is 15.3 Å². The zero-order valence-corrected chi connectivity index (χ0v) is 7.83. The monoisotopic (exact) mass is 240 g/mol. The fraction of sp³-hybridized carbons (Fsp3) is 0.333. The predicted octanol–water partition coefficient (Wildman–Crippen LogP) is -1.82. The Hall–Kier alpha value is -0.0300. The van der Waals surface area contributed by atoms with Gasteiger partial charge in [-0.3, -0.25) is 0 Å². The summed E-state index contributed by atoms with van der Waals surface area (Å²) in [4.78, 5) is 7.07. The van der Waals surface area contributed by atoms with Crippen LogP contribution >= 0.6 is 0 Å². The number of hydrogen-bond donors (Lipinski definition) is 0. The summed E-state index contributed by atoms with van der Waals surface area (Å²) in [5.74, 6) is 0. The van der Waals surface area contributed by atoms with E-state index in [0.29, 0.717) is 0 Å². The summed E-state index contributed by atoms with van der Waals surface area (Å²) in [6.45, 7) is 3.54. The van der Waals surface area contributed by atoms with Crippen molar-refractivity contribution in [3.63, 3.8) is 0 Å². The Bertz CT molecular complexity index is 99.2. The van der Waals surface area contributed by atoms with Crippen LogP contribution in [0.3, 0.4) is 0 Å². The fourth-order valence-electron chi connectivity index (χ4n) is 0.315. The van der Waals surface area contributed by atoms with Crippen LogP contribution in [0.2, 0.25) is 0 Å². The van der Waals surface area contributed by atoms with Gasteiger partial charge in [-0.05, 0) is 0 Å². The second kappa shape index (κ2) is 6.10. The molecule has 0 aliphatic carbocycles. The van der Waals surface area contributed by atoms with Crippen molar-refractivity contribution >= 4 is 0 Å². The summed E-state index contributed by atoms with van der Waals surface area (Å²) >= 11 is 0.00546. The zero-order chi connectivity index (χ0) is 7.11. The van der Waals surface area contributed by atoms with Crippen molar-refractivity contribution in [3.05, 3.63) is 24.9 Å². The Labute approximate surface area is 66.8 Å². The first-order valence-corrected chi connectivity index (χ1v) is 5.59. The summed E-state index contributed by atoms with van der Waals surface area (Å²) in [6, 6.07) is 0. The van der Waals surface area contributed by atoms with Crippen molar-refractivity contribution < 1.29 is 26.3 Å². The predicted molar refractivity (Wildman–Crippen MR) is 34.1 cm³/mol. The molecule has 0 unspecified atom stereocenters. The molecule has 0 heterocycles. The van der Waals surface area contributed by atoms with Gasteiger partial charge in [0.25, 0.3) is 0 Å². The molecule has 2 nitrogen and oxygen atoms in total. The third-order valence-corrected chi connectivity index (χ3v) is 2.35. The number of rotatable bonds is 4. The van der Waals surface area contributed by atoms with Crippen LogP contribution < -0.4 is 21.5 Å². The van der Waals surface area contributed by atoms with Crippen LogP contribution in [0.4, 0.5) is 0 Å². The molecule has 0 bridgehead atoms. The first-order chi connectivity index (χ1) is 4.35. The van der Waals surface area contributed by atoms with Gasteiger partial charge in [-0.2, -0.15) is 0 Å². The van der Waals surface area contributed by atoms with E-state index in [9.17, 15) is 0 Å². The minimum atomic E-state index is 0.00546. The molecule has 0 spiro atoms. The molecule has 0 aromatic rings. The maximum absolute atomic E-state index is 4.95. The topological polar surface area (TPSA) is 12.5 Å². The average Bonchev–Trinajstić information content (AvgIpc) is 1.91. The van der Waals surface area contributed by atoms with E-state index in [2.05, 4.69) is 11.5 Å². The molecule has 0 amide bonds. The van der Waals surface area contributed by atoms with E-state index in [1.54, 1.807) is 13.2 Å². The number of hydroxylamine groups is 1. The summed E-state index contributed by atoms with van der Waals surface area (Å²) in [5, 5.41) is 0. The quantitative estimate of drug-likeness (QED) is 0.189. The Morgan fingerprint density at radius 3 is 2.67 bits per heavy atom. The molecule has 9 heavy (non-hydrogen) atoms. The van der Waals surface area contributed by atoms with Gasteiger partial charge in [-0.1, -0.05) is 0 Å². The van der Waals surface area contributed by atoms with Crippen LogP contribution in [0.1, 0.15) is 0 Å². The number of nitrogens with zero attached hydrogens (tertiary/aromatic N) is 1. The van der Waals surface area contributed by atoms with Crippen molar-refractivity contribution in [2.45, 2.75) is 0 Å². The number of halogens is 1. The molecule has 0 rings (SSSR count). The third kappa shape index (κ3) is 4.47. The van der Waals surface area contributed by atoms with Crippen molar-refractivity contribution in [2.24, 2.45) is 0 Å². The van der Waals surface area contributed by atoms with E-state index < -0.39 is 0 Å². The molecule has 0 aromatic carbocycles. The molecule has 0 aliphatic heterocycles. The average molecular weight is 240 g/mol. The van der Waals surface area contributed by atoms with Crippen molar-refractivity contribution in [1.29, 1.82) is 0 Å². The minimum absolute atomic E-state index is 0.00546. The number of hydrogen-bond acceptors (Lipinski definition) is 2. The van der Waals surface area contributed by atoms with Crippen LogP contribution in [0.5, 0.6) is 0 Å². The Morgan fingerprint density at radius 2 is 2.33 bits per heavy atom. The molecular formula is C6H11INO-. The van der Waals surface area contributed by atoms with E-state index in [0.717, 1.165) is 0 Å². The zero-order valence-electron chi connectivity index (χ0n) is 5.67. The molecule has 0 atom stereocenters. The SMILES string of the molecule is C=C/C=C\N(OC)[I-]C. The normalized spacial score (nSPS) is 10.4. The molecule has 0 radical (unpaired) electrons. The summed E-state index contributed by atoms with van der Waals surface area (Å²) in [5.41, 5.74) is 0. The Balaban J connectivity index is 3.53. The third-order valence-electron chi connectivity index (χ3n) is 0.680. The molecule has 0 fully saturated rings. The Morgan fingerprint density at radius 1 is 1.67 bits per heavy atom. The summed E-state index contributed by atoms with van der Waals surface area (Å²) < 4.78 is 1.82. The van der Waals surface area contributed by atoms with E-state index in [4.69, 9.17) is 4.84 Å². The fourth-order valence-corrected chi connectivity index (χ4v) is 1.22. The second-order valence-electron chi connectivity index (χ2n) is 1.20. The number of alkyl halides is 1. The molecular weight excluding hydrogens is 229 g/mol. The van der Waals surface area contributed by atoms with E-state index in [1.807, 2.05) is 15.6 Å². The molecule has 0 saturated carbocycles. The number of allylic oxidation sites excluding steroid dienone is 2. The van der Waals surface area contributed by atoms with Crippen LogP contribution in [0.15, 0.2) is 24.9 Å². The summed E-state index contributed by atoms with van der Waals surface area (Å²) in [6.07, 6.45) is 5.46. The molecule has 0 N–H and O–H groups in total. The van der Waals surface area contributed by atoms with Gasteiger partial charge >= 0.3 is 66.6 Å². The van der Waals surface area contributed by atoms with Crippen molar-refractivity contribution in [3.8, 4) is 0 Å². The van der Waals surface area contributed by atoms with Gasteiger partial charge in [-0.25, -0.2) is 0 Å². The molecule has 3 heteroatoms. The van der Waals surface area contributed by atoms with E-state index in [-0.39, 0.29) is 21.5 Å². The molecule has 0 aromatic heterocycles. The van der Waals surface area contributed by atoms with Gasteiger partial charge < -0.3 is 0 Å². The van der Waals surface area contributed by atoms with Gasteiger partial charge in [0.1, 0.15) is 0 Å². The second-order valence-corrected chi connectivity index (χ2v) is 3.12. The molecule has 0 saturated heterocycles. The molecule has 54 valence electrons. The van der Waals surface area contributed by atoms with Crippen LogP contribution in [0.25, 0.3) is 0 Å². The van der Waals surface area contributed by atoms with Gasteiger partial charge in [0.2, 0.25) is 0 Å². The standard InChI is InChI=1S/C6H11INO/c1-4-5-6-8(7-2)9-3/h4-6H,1H2,2-3H3/q-1/b6-5-. The van der Waals surface area contributed by atoms with Gasteiger partial charge in [0, 0.05) is 0 Å². The van der Waals surface area contributed by atoms with E-state index in [1.165, 1.54) is 0 Å². The van der Waals surface area contributed by atoms with Crippen LogP contribution in [-0.2, 0) is 4.84 Å². The van der Waals surface area contributed by atoms with Gasteiger partial charge in [0.05, 0.1) is 0 Å². The van der Waals surface area contributed by atoms with Crippen molar-refractivity contribution in [2.75, 3.05) is 12.0 Å². The van der Waals surface area contributed by atoms with Crippen LogP contribution in [0, 0.1) is 0 Å². The Kier molecular flexibility index (Phi) is 6.08.